The van der Waals surface area contributed by atoms with Gasteiger partial charge in [0.1, 0.15) is 19.2 Å². The van der Waals surface area contributed by atoms with Gasteiger partial charge in [0.25, 0.3) is 18.2 Å². The van der Waals surface area contributed by atoms with Crippen molar-refractivity contribution in [1.29, 1.82) is 0 Å². The van der Waals surface area contributed by atoms with Crippen molar-refractivity contribution in [3.05, 3.63) is 35.4 Å². The van der Waals surface area contributed by atoms with E-state index < -0.39 is 30.8 Å². The minimum Gasteiger partial charge on any atom is -0.338 e. The van der Waals surface area contributed by atoms with Gasteiger partial charge in [-0.2, -0.15) is 0 Å². The lowest BCUT2D eigenvalue weighted by Crippen LogP contribution is -2.43. The number of carbonyl (C=O) groups excluding carboxylic acids is 2. The average molecular weight is 284 g/mol. The first-order valence-electron chi connectivity index (χ1n) is 6.08. The predicted molar refractivity (Wildman–Crippen MR) is 66.1 cm³/mol. The molecule has 20 heavy (non-hydrogen) atoms. The largest absolute Gasteiger partial charge is 0.338 e. The minimum absolute atomic E-state index is 0.136. The molecule has 1 aliphatic rings. The first-order chi connectivity index (χ1) is 9.49. The number of carbonyl (C=O) groups is 2. The van der Waals surface area contributed by atoms with Gasteiger partial charge in [0.2, 0.25) is 0 Å². The summed E-state index contributed by atoms with van der Waals surface area (Å²) in [4.78, 5) is 28.6. The molecule has 1 fully saturated rings. The van der Waals surface area contributed by atoms with E-state index in [0.29, 0.717) is 10.6 Å². The van der Waals surface area contributed by atoms with Gasteiger partial charge in [-0.15, -0.1) is 0 Å². The lowest BCUT2D eigenvalue weighted by atomic mass is 10.1. The fourth-order valence-electron chi connectivity index (χ4n) is 1.91. The minimum atomic E-state index is -2.68. The molecule has 0 unspecified atom stereocenters. The Morgan fingerprint density at radius 2 is 2.20 bits per heavy atom. The van der Waals surface area contributed by atoms with Gasteiger partial charge in [-0.25, -0.2) is 13.8 Å². The van der Waals surface area contributed by atoms with Crippen LogP contribution in [0.25, 0.3) is 0 Å². The molecule has 1 N–H and O–H groups in total. The normalized spacial score (nSPS) is 18.7. The van der Waals surface area contributed by atoms with Crippen LogP contribution in [-0.4, -0.2) is 42.5 Å². The van der Waals surface area contributed by atoms with Gasteiger partial charge in [0.15, 0.2) is 0 Å². The number of aryl methyl sites for hydroxylation is 1. The van der Waals surface area contributed by atoms with Crippen LogP contribution in [0.15, 0.2) is 24.3 Å². The van der Waals surface area contributed by atoms with Gasteiger partial charge in [-0.3, -0.25) is 14.4 Å². The highest BCUT2D eigenvalue weighted by Crippen LogP contribution is 2.12. The summed E-state index contributed by atoms with van der Waals surface area (Å²) in [5.41, 5.74) is 1.20. The molecule has 108 valence electrons. The fraction of sp³-hybridized carbons (Fsp3) is 0.385. The summed E-state index contributed by atoms with van der Waals surface area (Å²) in [6, 6.07) is 5.96. The third kappa shape index (κ3) is 3.11. The summed E-state index contributed by atoms with van der Waals surface area (Å²) in [6.07, 6.45) is -2.68. The van der Waals surface area contributed by atoms with E-state index in [9.17, 15) is 18.4 Å². The second-order valence-electron chi connectivity index (χ2n) is 4.43. The third-order valence-corrected chi connectivity index (χ3v) is 2.94. The van der Waals surface area contributed by atoms with E-state index >= 15 is 0 Å². The number of benzene rings is 1. The summed E-state index contributed by atoms with van der Waals surface area (Å²) in [5, 5.41) is 3.08. The maximum Gasteiger partial charge on any atom is 0.271 e. The smallest absolute Gasteiger partial charge is 0.271 e. The second kappa shape index (κ2) is 5.96. The number of rotatable bonds is 4. The second-order valence-corrected chi connectivity index (χ2v) is 4.43. The predicted octanol–water partition coefficient (Wildman–Crippen LogP) is 1.13. The molecule has 1 aromatic carbocycles. The maximum absolute atomic E-state index is 12.2. The lowest BCUT2D eigenvalue weighted by molar-refractivity contribution is -0.169. The van der Waals surface area contributed by atoms with Crippen molar-refractivity contribution in [2.45, 2.75) is 19.4 Å². The molecule has 0 aromatic heterocycles. The molecule has 1 aromatic rings. The van der Waals surface area contributed by atoms with Crippen molar-refractivity contribution < 1.29 is 23.2 Å². The van der Waals surface area contributed by atoms with Crippen LogP contribution in [0.2, 0.25) is 0 Å². The van der Waals surface area contributed by atoms with E-state index in [1.807, 2.05) is 0 Å². The molecule has 7 heteroatoms. The molecular weight excluding hydrogens is 270 g/mol. The molecule has 1 atom stereocenters. The summed E-state index contributed by atoms with van der Waals surface area (Å²) in [5.74, 6) is -1.09. The number of amides is 2. The lowest BCUT2D eigenvalue weighted by Gasteiger charge is -2.14. The summed E-state index contributed by atoms with van der Waals surface area (Å²) < 4.78 is 24.4. The van der Waals surface area contributed by atoms with Gasteiger partial charge in [-0.05, 0) is 18.6 Å². The van der Waals surface area contributed by atoms with Crippen LogP contribution < -0.4 is 5.32 Å². The maximum atomic E-state index is 12.2. The molecule has 1 heterocycles. The van der Waals surface area contributed by atoms with Crippen LogP contribution in [0.1, 0.15) is 15.9 Å². The Balaban J connectivity index is 2.00. The number of nitrogens with one attached hydrogen (secondary N) is 1. The van der Waals surface area contributed by atoms with E-state index in [0.717, 1.165) is 5.56 Å². The highest BCUT2D eigenvalue weighted by Gasteiger charge is 2.35. The van der Waals surface area contributed by atoms with Gasteiger partial charge in [0, 0.05) is 5.56 Å². The Hall–Kier alpha value is -2.02. The molecule has 0 aliphatic carbocycles. The van der Waals surface area contributed by atoms with Gasteiger partial charge < -0.3 is 5.32 Å². The van der Waals surface area contributed by atoms with Crippen LogP contribution in [0.5, 0.6) is 0 Å². The number of hydrogen-bond acceptors (Lipinski definition) is 3. The van der Waals surface area contributed by atoms with Crippen molar-refractivity contribution in [3.8, 4) is 0 Å². The molecule has 0 bridgehead atoms. The van der Waals surface area contributed by atoms with Crippen LogP contribution in [-0.2, 0) is 9.63 Å². The van der Waals surface area contributed by atoms with Crippen molar-refractivity contribution in [2.24, 2.45) is 0 Å². The van der Waals surface area contributed by atoms with E-state index in [4.69, 9.17) is 4.84 Å². The zero-order valence-corrected chi connectivity index (χ0v) is 10.8. The Bertz CT molecular complexity index is 522. The Morgan fingerprint density at radius 1 is 1.50 bits per heavy atom. The standard InChI is InChI=1S/C13H14F2N2O3/c1-8-4-2-3-5-9(8)12(18)16-10-7-20-17(13(10)19)6-11(14)15/h2-5,10-11H,6-7H2,1H3,(H,16,18)/t10-/m1/s1. The van der Waals surface area contributed by atoms with Crippen LogP contribution in [0.4, 0.5) is 8.78 Å². The SMILES string of the molecule is Cc1ccccc1C(=O)N[C@@H]1CON(CC(F)F)C1=O. The monoisotopic (exact) mass is 284 g/mol. The van der Waals surface area contributed by atoms with Crippen LogP contribution >= 0.6 is 0 Å². The number of hydroxylamine groups is 2. The van der Waals surface area contributed by atoms with Crippen molar-refractivity contribution >= 4 is 11.8 Å². The Kier molecular flexibility index (Phi) is 4.29. The zero-order chi connectivity index (χ0) is 14.7. The van der Waals surface area contributed by atoms with E-state index in [2.05, 4.69) is 5.32 Å². The third-order valence-electron chi connectivity index (χ3n) is 2.94. The molecule has 1 saturated heterocycles. The zero-order valence-electron chi connectivity index (χ0n) is 10.8. The summed E-state index contributed by atoms with van der Waals surface area (Å²) in [6.45, 7) is 0.837. The number of halogens is 2. The van der Waals surface area contributed by atoms with Gasteiger partial charge >= 0.3 is 0 Å². The molecular formula is C13H14F2N2O3. The molecule has 0 saturated carbocycles. The molecule has 2 amide bonds. The summed E-state index contributed by atoms with van der Waals surface area (Å²) in [7, 11) is 0. The highest BCUT2D eigenvalue weighted by atomic mass is 19.3. The first kappa shape index (κ1) is 14.4. The van der Waals surface area contributed by atoms with Crippen molar-refractivity contribution in [3.63, 3.8) is 0 Å². The van der Waals surface area contributed by atoms with Gasteiger partial charge in [-0.1, -0.05) is 18.2 Å². The molecule has 0 spiro atoms. The summed E-state index contributed by atoms with van der Waals surface area (Å²) >= 11 is 0. The number of alkyl halides is 2. The number of hydrogen-bond donors (Lipinski definition) is 1. The van der Waals surface area contributed by atoms with Crippen LogP contribution in [0.3, 0.4) is 0 Å². The number of nitrogens with zero attached hydrogens (tertiary/aromatic N) is 1. The Labute approximate surface area is 114 Å². The Morgan fingerprint density at radius 3 is 2.85 bits per heavy atom. The van der Waals surface area contributed by atoms with Gasteiger partial charge in [0.05, 0.1) is 0 Å². The molecule has 2 rings (SSSR count). The molecule has 5 nitrogen and oxygen atoms in total. The molecule has 0 radical (unpaired) electrons. The molecule has 1 aliphatic heterocycles. The van der Waals surface area contributed by atoms with E-state index in [1.54, 1.807) is 31.2 Å². The quantitative estimate of drug-likeness (QED) is 0.901. The van der Waals surface area contributed by atoms with E-state index in [1.165, 1.54) is 0 Å². The van der Waals surface area contributed by atoms with Crippen molar-refractivity contribution in [1.82, 2.24) is 10.4 Å². The fourth-order valence-corrected chi connectivity index (χ4v) is 1.91. The first-order valence-corrected chi connectivity index (χ1v) is 6.08. The van der Waals surface area contributed by atoms with E-state index in [-0.39, 0.29) is 6.61 Å². The highest BCUT2D eigenvalue weighted by molar-refractivity contribution is 5.98. The van der Waals surface area contributed by atoms with Crippen LogP contribution in [0, 0.1) is 6.92 Å². The van der Waals surface area contributed by atoms with Crippen molar-refractivity contribution in [2.75, 3.05) is 13.2 Å². The average Bonchev–Trinajstić information content (AvgIpc) is 2.71. The topological polar surface area (TPSA) is 58.6 Å².